The van der Waals surface area contributed by atoms with Crippen LogP contribution in [0.15, 0.2) is 36.4 Å². The van der Waals surface area contributed by atoms with Crippen LogP contribution in [0.25, 0.3) is 0 Å². The lowest BCUT2D eigenvalue weighted by Crippen LogP contribution is -2.20. The third-order valence-corrected chi connectivity index (χ3v) is 3.31. The minimum Gasteiger partial charge on any atom is -0.368 e. The number of halogens is 3. The van der Waals surface area contributed by atoms with Gasteiger partial charge in [0.25, 0.3) is 5.91 Å². The minimum atomic E-state index is -0.760. The van der Waals surface area contributed by atoms with Gasteiger partial charge in [0.15, 0.2) is 0 Å². The molecule has 1 heterocycles. The van der Waals surface area contributed by atoms with Gasteiger partial charge in [0.2, 0.25) is 0 Å². The summed E-state index contributed by atoms with van der Waals surface area (Å²) in [7, 11) is 0. The topological polar surface area (TPSA) is 41.1 Å². The quantitative estimate of drug-likeness (QED) is 0.886. The van der Waals surface area contributed by atoms with E-state index < -0.39 is 17.7 Å². The van der Waals surface area contributed by atoms with E-state index in [2.05, 4.69) is 10.6 Å². The maximum Gasteiger partial charge on any atom is 0.251 e. The molecule has 2 N–H and O–H groups in total. The molecule has 0 saturated carbocycles. The number of hydrogen-bond acceptors (Lipinski definition) is 2. The first-order valence-electron chi connectivity index (χ1n) is 5.86. The maximum atomic E-state index is 13.6. The molecule has 1 atom stereocenters. The zero-order chi connectivity index (χ0) is 14.3. The number of anilines is 2. The Morgan fingerprint density at radius 1 is 1.15 bits per heavy atom. The molecule has 0 saturated heterocycles. The van der Waals surface area contributed by atoms with Crippen molar-refractivity contribution in [3.63, 3.8) is 0 Å². The summed E-state index contributed by atoms with van der Waals surface area (Å²) < 4.78 is 26.5. The maximum absolute atomic E-state index is 13.6. The van der Waals surface area contributed by atoms with E-state index in [0.717, 1.165) is 12.1 Å². The third kappa shape index (κ3) is 2.20. The number of carbonyl (C=O) groups excluding carboxylic acids is 1. The average Bonchev–Trinajstić information content (AvgIpc) is 2.69. The molecule has 20 heavy (non-hydrogen) atoms. The van der Waals surface area contributed by atoms with E-state index in [-0.39, 0.29) is 11.6 Å². The lowest BCUT2D eigenvalue weighted by molar-refractivity contribution is -0.116. The van der Waals surface area contributed by atoms with Crippen molar-refractivity contribution in [3.05, 3.63) is 58.6 Å². The van der Waals surface area contributed by atoms with Gasteiger partial charge in [-0.2, -0.15) is 0 Å². The Kier molecular flexibility index (Phi) is 3.06. The largest absolute Gasteiger partial charge is 0.368 e. The predicted molar refractivity (Wildman–Crippen MR) is 72.8 cm³/mol. The van der Waals surface area contributed by atoms with Crippen LogP contribution in [0.3, 0.4) is 0 Å². The Hall–Kier alpha value is -2.14. The third-order valence-electron chi connectivity index (χ3n) is 3.08. The van der Waals surface area contributed by atoms with Crippen LogP contribution in [0.5, 0.6) is 0 Å². The van der Waals surface area contributed by atoms with Gasteiger partial charge in [-0.3, -0.25) is 4.79 Å². The van der Waals surface area contributed by atoms with Crippen LogP contribution in [0.2, 0.25) is 5.02 Å². The molecule has 3 nitrogen and oxygen atoms in total. The molecule has 0 aliphatic carbocycles. The summed E-state index contributed by atoms with van der Waals surface area (Å²) in [5, 5.41) is 5.90. The molecule has 0 fully saturated rings. The first-order chi connectivity index (χ1) is 9.54. The van der Waals surface area contributed by atoms with Crippen molar-refractivity contribution in [2.75, 3.05) is 10.6 Å². The summed E-state index contributed by atoms with van der Waals surface area (Å²) in [5.74, 6) is -1.74. The van der Waals surface area contributed by atoms with Crippen LogP contribution < -0.4 is 10.6 Å². The molecular weight excluding hydrogens is 286 g/mol. The van der Waals surface area contributed by atoms with Crippen LogP contribution in [-0.4, -0.2) is 5.91 Å². The molecule has 1 amide bonds. The number of nitrogens with one attached hydrogen (secondary N) is 2. The SMILES string of the molecule is O=C1Nc2ccc(Cl)cc2C1Nc1ccc(F)cc1F. The highest BCUT2D eigenvalue weighted by Gasteiger charge is 2.31. The van der Waals surface area contributed by atoms with Gasteiger partial charge in [-0.15, -0.1) is 0 Å². The summed E-state index contributed by atoms with van der Waals surface area (Å²) in [6.45, 7) is 0. The van der Waals surface area contributed by atoms with E-state index in [0.29, 0.717) is 16.3 Å². The van der Waals surface area contributed by atoms with E-state index in [1.165, 1.54) is 6.07 Å². The van der Waals surface area contributed by atoms with Crippen molar-refractivity contribution < 1.29 is 13.6 Å². The number of rotatable bonds is 2. The van der Waals surface area contributed by atoms with Gasteiger partial charge in [-0.05, 0) is 30.3 Å². The van der Waals surface area contributed by atoms with Gasteiger partial charge in [0.05, 0.1) is 5.69 Å². The summed E-state index contributed by atoms with van der Waals surface area (Å²) in [4.78, 5) is 11.9. The Balaban J connectivity index is 1.95. The first-order valence-corrected chi connectivity index (χ1v) is 6.24. The number of fused-ring (bicyclic) bond motifs is 1. The van der Waals surface area contributed by atoms with Gasteiger partial charge in [0, 0.05) is 22.3 Å². The summed E-state index contributed by atoms with van der Waals surface area (Å²) in [6, 6.07) is 7.34. The van der Waals surface area contributed by atoms with Gasteiger partial charge in [-0.1, -0.05) is 11.6 Å². The molecule has 2 aromatic carbocycles. The highest BCUT2D eigenvalue weighted by Crippen LogP contribution is 2.35. The Morgan fingerprint density at radius 3 is 2.70 bits per heavy atom. The molecule has 0 bridgehead atoms. The van der Waals surface area contributed by atoms with Crippen molar-refractivity contribution in [1.29, 1.82) is 0 Å². The van der Waals surface area contributed by atoms with Crippen LogP contribution >= 0.6 is 11.6 Å². The molecular formula is C14H9ClF2N2O. The molecule has 102 valence electrons. The number of amides is 1. The fourth-order valence-corrected chi connectivity index (χ4v) is 2.32. The normalized spacial score (nSPS) is 16.8. The van der Waals surface area contributed by atoms with Crippen LogP contribution in [0.1, 0.15) is 11.6 Å². The molecule has 2 aromatic rings. The van der Waals surface area contributed by atoms with E-state index in [4.69, 9.17) is 11.6 Å². The molecule has 0 radical (unpaired) electrons. The van der Waals surface area contributed by atoms with Gasteiger partial charge >= 0.3 is 0 Å². The summed E-state index contributed by atoms with van der Waals surface area (Å²) in [5.41, 5.74) is 1.31. The number of carbonyl (C=O) groups is 1. The summed E-state index contributed by atoms with van der Waals surface area (Å²) >= 11 is 5.90. The minimum absolute atomic E-state index is 0.0550. The molecule has 1 aliphatic rings. The van der Waals surface area contributed by atoms with Crippen molar-refractivity contribution in [3.8, 4) is 0 Å². The molecule has 0 spiro atoms. The average molecular weight is 295 g/mol. The zero-order valence-corrected chi connectivity index (χ0v) is 10.8. The smallest absolute Gasteiger partial charge is 0.251 e. The fraction of sp³-hybridized carbons (Fsp3) is 0.0714. The van der Waals surface area contributed by atoms with Crippen LogP contribution in [-0.2, 0) is 4.79 Å². The Morgan fingerprint density at radius 2 is 1.95 bits per heavy atom. The highest BCUT2D eigenvalue weighted by molar-refractivity contribution is 6.31. The van der Waals surface area contributed by atoms with E-state index in [1.54, 1.807) is 18.2 Å². The van der Waals surface area contributed by atoms with E-state index >= 15 is 0 Å². The standard InChI is InChI=1S/C14H9ClF2N2O/c15-7-1-3-11-9(5-7)13(14(20)19-11)18-12-4-2-8(16)6-10(12)17/h1-6,13,18H,(H,19,20). The number of benzene rings is 2. The van der Waals surface area contributed by atoms with E-state index in [1.807, 2.05) is 0 Å². The van der Waals surface area contributed by atoms with Crippen molar-refractivity contribution in [2.24, 2.45) is 0 Å². The van der Waals surface area contributed by atoms with E-state index in [9.17, 15) is 13.6 Å². The van der Waals surface area contributed by atoms with Gasteiger partial charge in [-0.25, -0.2) is 8.78 Å². The second-order valence-corrected chi connectivity index (χ2v) is 4.86. The first kappa shape index (κ1) is 12.9. The molecule has 0 aromatic heterocycles. The Bertz CT molecular complexity index is 706. The predicted octanol–water partition coefficient (Wildman–Crippen LogP) is 3.72. The Labute approximate surface area is 118 Å². The second-order valence-electron chi connectivity index (χ2n) is 4.42. The van der Waals surface area contributed by atoms with Crippen LogP contribution in [0.4, 0.5) is 20.2 Å². The zero-order valence-electron chi connectivity index (χ0n) is 10.1. The molecule has 1 aliphatic heterocycles. The summed E-state index contributed by atoms with van der Waals surface area (Å²) in [6.07, 6.45) is 0. The highest BCUT2D eigenvalue weighted by atomic mass is 35.5. The molecule has 1 unspecified atom stereocenters. The van der Waals surface area contributed by atoms with Crippen molar-refractivity contribution in [1.82, 2.24) is 0 Å². The van der Waals surface area contributed by atoms with Gasteiger partial charge in [0.1, 0.15) is 17.7 Å². The second kappa shape index (κ2) is 4.76. The molecule has 6 heteroatoms. The van der Waals surface area contributed by atoms with Gasteiger partial charge < -0.3 is 10.6 Å². The van der Waals surface area contributed by atoms with Crippen molar-refractivity contribution >= 4 is 28.9 Å². The lowest BCUT2D eigenvalue weighted by Gasteiger charge is -2.13. The number of hydrogen-bond donors (Lipinski definition) is 2. The van der Waals surface area contributed by atoms with Crippen LogP contribution in [0, 0.1) is 11.6 Å². The lowest BCUT2D eigenvalue weighted by atomic mass is 10.1. The monoisotopic (exact) mass is 294 g/mol. The molecule has 3 rings (SSSR count). The van der Waals surface area contributed by atoms with Crippen molar-refractivity contribution in [2.45, 2.75) is 6.04 Å². The fourth-order valence-electron chi connectivity index (χ4n) is 2.14.